The van der Waals surface area contributed by atoms with Crippen molar-refractivity contribution >= 4 is 87.3 Å². The molecule has 0 bridgehead atoms. The minimum atomic E-state index is 1.24. The highest BCUT2D eigenvalue weighted by Gasteiger charge is 2.22. The van der Waals surface area contributed by atoms with Crippen molar-refractivity contribution < 1.29 is 0 Å². The Bertz CT molecular complexity index is 3200. The van der Waals surface area contributed by atoms with Gasteiger partial charge in [-0.05, 0) is 121 Å². The first-order valence-corrected chi connectivity index (χ1v) is 21.6. The third kappa shape index (κ3) is 4.99. The molecule has 0 spiro atoms. The number of hydrogen-bond acceptors (Lipinski definition) is 2. The lowest BCUT2D eigenvalue weighted by Gasteiger charge is -2.20. The minimum absolute atomic E-state index is 1.24. The number of rotatable bonds is 5. The van der Waals surface area contributed by atoms with Gasteiger partial charge in [-0.3, -0.25) is 0 Å². The summed E-state index contributed by atoms with van der Waals surface area (Å²) < 4.78 is 0. The standard InChI is InChI=1S/C56H34S2/c1-3-17-37-35(15-1)39(29-31-49(37)53-41-19-5-9-23-45(41)55(51-27-13-33-57-51)46-24-10-6-20-42(46)53)40-30-32-50(38-18-4-2-16-36(38)40)54-43-21-7-11-25-47(43)56(52-28-14-34-58-52)48-26-12-8-22-44(48)54/h1-34H. The summed E-state index contributed by atoms with van der Waals surface area (Å²) >= 11 is 3.62. The molecule has 0 N–H and O–H groups in total. The van der Waals surface area contributed by atoms with Crippen LogP contribution in [-0.4, -0.2) is 0 Å². The molecule has 0 unspecified atom stereocenters. The normalized spacial score (nSPS) is 11.8. The summed E-state index contributed by atoms with van der Waals surface area (Å²) in [5.41, 5.74) is 10.2. The lowest BCUT2D eigenvalue weighted by atomic mass is 9.83. The van der Waals surface area contributed by atoms with Gasteiger partial charge in [-0.2, -0.15) is 0 Å². The molecule has 10 aromatic carbocycles. The summed E-state index contributed by atoms with van der Waals surface area (Å²) in [5, 5.41) is 19.7. The maximum absolute atomic E-state index is 2.38. The highest BCUT2D eigenvalue weighted by Crippen LogP contribution is 2.50. The van der Waals surface area contributed by atoms with Crippen LogP contribution in [0.1, 0.15) is 0 Å². The maximum Gasteiger partial charge on any atom is 0.0355 e. The van der Waals surface area contributed by atoms with Gasteiger partial charge < -0.3 is 0 Å². The van der Waals surface area contributed by atoms with Gasteiger partial charge in [0.1, 0.15) is 0 Å². The van der Waals surface area contributed by atoms with E-state index in [-0.39, 0.29) is 0 Å². The summed E-state index contributed by atoms with van der Waals surface area (Å²) in [4.78, 5) is 2.60. The summed E-state index contributed by atoms with van der Waals surface area (Å²) in [6, 6.07) is 72.2. The van der Waals surface area contributed by atoms with Crippen molar-refractivity contribution in [3.63, 3.8) is 0 Å². The zero-order chi connectivity index (χ0) is 38.2. The Morgan fingerprint density at radius 1 is 0.190 bits per heavy atom. The summed E-state index contributed by atoms with van der Waals surface area (Å²) in [6.45, 7) is 0. The second kappa shape index (κ2) is 13.4. The molecule has 0 aliphatic rings. The quantitative estimate of drug-likeness (QED) is 0.153. The Balaban J connectivity index is 1.11. The fourth-order valence-electron chi connectivity index (χ4n) is 9.71. The van der Waals surface area contributed by atoms with Crippen LogP contribution in [0.25, 0.3) is 119 Å². The summed E-state index contributed by atoms with van der Waals surface area (Å²) in [7, 11) is 0. The second-order valence-corrected chi connectivity index (χ2v) is 16.9. The molecule has 0 atom stereocenters. The van der Waals surface area contributed by atoms with Gasteiger partial charge in [0.25, 0.3) is 0 Å². The van der Waals surface area contributed by atoms with Crippen LogP contribution in [0.2, 0.25) is 0 Å². The first-order chi connectivity index (χ1) is 28.8. The van der Waals surface area contributed by atoms with E-state index < -0.39 is 0 Å². The molecular weight excluding hydrogens is 737 g/mol. The topological polar surface area (TPSA) is 0 Å². The van der Waals surface area contributed by atoms with Crippen LogP contribution in [0.4, 0.5) is 0 Å². The first kappa shape index (κ1) is 33.3. The van der Waals surface area contributed by atoms with E-state index in [9.17, 15) is 0 Å². The van der Waals surface area contributed by atoms with Crippen LogP contribution >= 0.6 is 22.7 Å². The number of hydrogen-bond donors (Lipinski definition) is 0. The Morgan fingerprint density at radius 3 is 0.707 bits per heavy atom. The van der Waals surface area contributed by atoms with Crippen molar-refractivity contribution in [3.8, 4) is 54.3 Å². The molecular formula is C56H34S2. The zero-order valence-corrected chi connectivity index (χ0v) is 33.1. The van der Waals surface area contributed by atoms with E-state index in [2.05, 4.69) is 205 Å². The van der Waals surface area contributed by atoms with Crippen LogP contribution in [0, 0.1) is 0 Å². The van der Waals surface area contributed by atoms with Crippen molar-refractivity contribution in [2.75, 3.05) is 0 Å². The van der Waals surface area contributed by atoms with Crippen molar-refractivity contribution in [1.29, 1.82) is 0 Å². The molecule has 2 heteroatoms. The molecule has 0 amide bonds. The predicted octanol–water partition coefficient (Wildman–Crippen LogP) is 17.1. The fourth-order valence-corrected chi connectivity index (χ4v) is 11.3. The van der Waals surface area contributed by atoms with E-state index in [1.165, 1.54) is 119 Å². The van der Waals surface area contributed by atoms with Crippen LogP contribution < -0.4 is 0 Å². The first-order valence-electron chi connectivity index (χ1n) is 19.8. The molecule has 0 radical (unpaired) electrons. The Morgan fingerprint density at radius 2 is 0.431 bits per heavy atom. The van der Waals surface area contributed by atoms with E-state index in [4.69, 9.17) is 0 Å². The number of thiophene rings is 2. The summed E-state index contributed by atoms with van der Waals surface area (Å²) in [5.74, 6) is 0. The molecule has 2 heterocycles. The predicted molar refractivity (Wildman–Crippen MR) is 254 cm³/mol. The smallest absolute Gasteiger partial charge is 0.0355 e. The molecule has 0 saturated carbocycles. The van der Waals surface area contributed by atoms with E-state index in [0.717, 1.165) is 0 Å². The van der Waals surface area contributed by atoms with Gasteiger partial charge in [-0.25, -0.2) is 0 Å². The highest BCUT2D eigenvalue weighted by molar-refractivity contribution is 7.14. The summed E-state index contributed by atoms with van der Waals surface area (Å²) in [6.07, 6.45) is 0. The van der Waals surface area contributed by atoms with Crippen molar-refractivity contribution in [2.45, 2.75) is 0 Å². The molecule has 12 aromatic rings. The van der Waals surface area contributed by atoms with Gasteiger partial charge >= 0.3 is 0 Å². The zero-order valence-electron chi connectivity index (χ0n) is 31.4. The lowest BCUT2D eigenvalue weighted by Crippen LogP contribution is -1.93. The second-order valence-electron chi connectivity index (χ2n) is 15.0. The minimum Gasteiger partial charge on any atom is -0.144 e. The van der Waals surface area contributed by atoms with E-state index in [0.29, 0.717) is 0 Å². The van der Waals surface area contributed by atoms with Gasteiger partial charge in [0, 0.05) is 20.9 Å². The van der Waals surface area contributed by atoms with Crippen LogP contribution in [0.5, 0.6) is 0 Å². The van der Waals surface area contributed by atoms with Gasteiger partial charge in [0.15, 0.2) is 0 Å². The monoisotopic (exact) mass is 770 g/mol. The van der Waals surface area contributed by atoms with Crippen molar-refractivity contribution in [2.24, 2.45) is 0 Å². The molecule has 0 saturated heterocycles. The third-order valence-electron chi connectivity index (χ3n) is 12.1. The van der Waals surface area contributed by atoms with E-state index in [1.54, 1.807) is 0 Å². The van der Waals surface area contributed by atoms with Gasteiger partial charge in [0.05, 0.1) is 0 Å². The molecule has 0 aliphatic heterocycles. The molecule has 0 fully saturated rings. The molecule has 12 rings (SSSR count). The molecule has 2 aromatic heterocycles. The van der Waals surface area contributed by atoms with Crippen molar-refractivity contribution in [3.05, 3.63) is 205 Å². The Kier molecular flexibility index (Phi) is 7.69. The Labute approximate surface area is 344 Å². The molecule has 58 heavy (non-hydrogen) atoms. The van der Waals surface area contributed by atoms with Crippen molar-refractivity contribution in [1.82, 2.24) is 0 Å². The molecule has 270 valence electrons. The average molecular weight is 771 g/mol. The Hall–Kier alpha value is -6.84. The van der Waals surface area contributed by atoms with Gasteiger partial charge in [-0.1, -0.05) is 182 Å². The number of benzene rings is 10. The van der Waals surface area contributed by atoms with Crippen LogP contribution in [-0.2, 0) is 0 Å². The third-order valence-corrected chi connectivity index (χ3v) is 13.8. The lowest BCUT2D eigenvalue weighted by molar-refractivity contribution is 1.66. The van der Waals surface area contributed by atoms with Crippen LogP contribution in [0.15, 0.2) is 205 Å². The SMILES string of the molecule is c1csc(-c2c3ccccc3c(-c3ccc(-c4ccc(-c5c6ccccc6c(-c6cccs6)c6ccccc56)c5ccccc45)c4ccccc34)c3ccccc23)c1. The van der Waals surface area contributed by atoms with Crippen LogP contribution in [0.3, 0.4) is 0 Å². The highest BCUT2D eigenvalue weighted by atomic mass is 32.1. The fraction of sp³-hybridized carbons (Fsp3) is 0. The maximum atomic E-state index is 2.38. The van der Waals surface area contributed by atoms with Gasteiger partial charge in [-0.15, -0.1) is 22.7 Å². The van der Waals surface area contributed by atoms with E-state index >= 15 is 0 Å². The van der Waals surface area contributed by atoms with E-state index in [1.807, 2.05) is 22.7 Å². The molecule has 0 nitrogen and oxygen atoms in total. The molecule has 0 aliphatic carbocycles. The average Bonchev–Trinajstić information content (AvgIpc) is 4.03. The largest absolute Gasteiger partial charge is 0.144 e. The number of fused-ring (bicyclic) bond motifs is 6. The van der Waals surface area contributed by atoms with Gasteiger partial charge in [0.2, 0.25) is 0 Å².